The van der Waals surface area contributed by atoms with Crippen LogP contribution in [-0.4, -0.2) is 30.8 Å². The quantitative estimate of drug-likeness (QED) is 0.696. The Morgan fingerprint density at radius 1 is 0.933 bits per heavy atom. The lowest BCUT2D eigenvalue weighted by atomic mass is 9.85. The number of aryl methyl sites for hydroxylation is 1. The number of nitrogens with one attached hydrogen (secondary N) is 1. The highest BCUT2D eigenvalue weighted by molar-refractivity contribution is 6.17. The number of nitrogens with two attached hydrogens (primary N) is 1. The second-order valence-corrected chi connectivity index (χ2v) is 8.73. The Balaban J connectivity index is 1.95. The highest BCUT2D eigenvalue weighted by Gasteiger charge is 2.36. The number of benzene rings is 1. The van der Waals surface area contributed by atoms with Crippen molar-refractivity contribution in [1.29, 1.82) is 0 Å². The number of imide groups is 1. The number of carbonyl (C=O) groups excluding carboxylic acids is 3. The van der Waals surface area contributed by atoms with Gasteiger partial charge in [-0.15, -0.1) is 0 Å². The monoisotopic (exact) mass is 413 g/mol. The third-order valence-electron chi connectivity index (χ3n) is 6.49. The van der Waals surface area contributed by atoms with E-state index in [0.717, 1.165) is 69.8 Å². The summed E-state index contributed by atoms with van der Waals surface area (Å²) in [7, 11) is 0. The molecule has 3 N–H and O–H groups in total. The summed E-state index contributed by atoms with van der Waals surface area (Å²) >= 11 is 0. The van der Waals surface area contributed by atoms with Gasteiger partial charge in [-0.3, -0.25) is 14.4 Å². The molecular weight excluding hydrogens is 378 g/mol. The van der Waals surface area contributed by atoms with Crippen molar-refractivity contribution in [3.8, 4) is 0 Å². The van der Waals surface area contributed by atoms with Gasteiger partial charge in [0.05, 0.1) is 5.69 Å². The molecule has 2 aliphatic carbocycles. The van der Waals surface area contributed by atoms with Crippen LogP contribution in [0.1, 0.15) is 80.1 Å². The van der Waals surface area contributed by atoms with Gasteiger partial charge in [-0.05, 0) is 50.3 Å². The zero-order valence-electron chi connectivity index (χ0n) is 18.1. The summed E-state index contributed by atoms with van der Waals surface area (Å²) in [6.45, 7) is 2.64. The van der Waals surface area contributed by atoms with Crippen LogP contribution in [0.3, 0.4) is 0 Å². The van der Waals surface area contributed by atoms with Gasteiger partial charge in [0.15, 0.2) is 0 Å². The average Bonchev–Trinajstić information content (AvgIpc) is 2.79. The van der Waals surface area contributed by atoms with E-state index >= 15 is 0 Å². The molecule has 1 aromatic rings. The van der Waals surface area contributed by atoms with Gasteiger partial charge >= 0.3 is 0 Å². The Labute approximate surface area is 179 Å². The van der Waals surface area contributed by atoms with Crippen LogP contribution in [0.5, 0.6) is 0 Å². The number of amides is 3. The van der Waals surface area contributed by atoms with E-state index < -0.39 is 0 Å². The van der Waals surface area contributed by atoms with Crippen molar-refractivity contribution in [2.24, 2.45) is 17.6 Å². The molecule has 0 atom stereocenters. The number of hydrogen-bond donors (Lipinski definition) is 2. The predicted molar refractivity (Wildman–Crippen MR) is 118 cm³/mol. The smallest absolute Gasteiger partial charge is 0.251 e. The van der Waals surface area contributed by atoms with Crippen molar-refractivity contribution < 1.29 is 14.4 Å². The van der Waals surface area contributed by atoms with Crippen LogP contribution < -0.4 is 16.0 Å². The molecule has 0 heterocycles. The summed E-state index contributed by atoms with van der Waals surface area (Å²) in [4.78, 5) is 41.1. The highest BCUT2D eigenvalue weighted by Crippen LogP contribution is 2.33. The predicted octanol–water partition coefficient (Wildman–Crippen LogP) is 3.70. The molecule has 0 bridgehead atoms. The first kappa shape index (κ1) is 22.5. The third kappa shape index (κ3) is 5.28. The largest absolute Gasteiger partial charge is 0.351 e. The summed E-state index contributed by atoms with van der Waals surface area (Å²) in [5.74, 6) is -0.640. The molecule has 2 saturated carbocycles. The first-order valence-corrected chi connectivity index (χ1v) is 11.5. The molecule has 0 aliphatic heterocycles. The summed E-state index contributed by atoms with van der Waals surface area (Å²) < 4.78 is 0. The topological polar surface area (TPSA) is 92.5 Å². The Morgan fingerprint density at radius 2 is 1.47 bits per heavy atom. The van der Waals surface area contributed by atoms with Crippen LogP contribution >= 0.6 is 0 Å². The molecule has 0 spiro atoms. The first-order chi connectivity index (χ1) is 14.5. The third-order valence-corrected chi connectivity index (χ3v) is 6.49. The number of anilines is 1. The zero-order chi connectivity index (χ0) is 21.5. The van der Waals surface area contributed by atoms with E-state index in [4.69, 9.17) is 5.73 Å². The number of rotatable bonds is 6. The fraction of sp³-hybridized carbons (Fsp3) is 0.625. The van der Waals surface area contributed by atoms with Gasteiger partial charge in [-0.25, -0.2) is 4.90 Å². The molecule has 3 amide bonds. The minimum absolute atomic E-state index is 0.0899. The minimum Gasteiger partial charge on any atom is -0.351 e. The SMILES string of the molecule is Cc1ccc(C(=O)NCCN)cc1N(C(=O)C1CCCCC1)C(=O)C1CCCCC1. The van der Waals surface area contributed by atoms with Crippen LogP contribution in [0.2, 0.25) is 0 Å². The maximum atomic E-state index is 13.6. The molecule has 30 heavy (non-hydrogen) atoms. The van der Waals surface area contributed by atoms with E-state index in [0.29, 0.717) is 24.3 Å². The molecule has 2 fully saturated rings. The molecule has 6 heteroatoms. The molecule has 0 radical (unpaired) electrons. The summed E-state index contributed by atoms with van der Waals surface area (Å²) in [5, 5.41) is 2.77. The fourth-order valence-electron chi connectivity index (χ4n) is 4.69. The Hall–Kier alpha value is -2.21. The van der Waals surface area contributed by atoms with Gasteiger partial charge in [0, 0.05) is 30.5 Å². The van der Waals surface area contributed by atoms with E-state index in [1.165, 1.54) is 4.90 Å². The standard InChI is InChI=1S/C24H35N3O3/c1-17-12-13-20(22(28)26-15-14-25)16-21(17)27(23(29)18-8-4-2-5-9-18)24(30)19-10-6-3-7-11-19/h12-13,16,18-19H,2-11,14-15,25H2,1H3,(H,26,28). The molecule has 0 unspecified atom stereocenters. The first-order valence-electron chi connectivity index (χ1n) is 11.5. The number of hydrogen-bond acceptors (Lipinski definition) is 4. The number of carbonyl (C=O) groups is 3. The van der Waals surface area contributed by atoms with Crippen LogP contribution in [0.4, 0.5) is 5.69 Å². The van der Waals surface area contributed by atoms with Crippen molar-refractivity contribution in [2.75, 3.05) is 18.0 Å². The Bertz CT molecular complexity index is 735. The van der Waals surface area contributed by atoms with Crippen molar-refractivity contribution in [3.05, 3.63) is 29.3 Å². The van der Waals surface area contributed by atoms with Gasteiger partial charge in [0.1, 0.15) is 0 Å². The lowest BCUT2D eigenvalue weighted by Crippen LogP contribution is -2.45. The van der Waals surface area contributed by atoms with Crippen molar-refractivity contribution in [2.45, 2.75) is 71.1 Å². The van der Waals surface area contributed by atoms with E-state index in [2.05, 4.69) is 5.32 Å². The highest BCUT2D eigenvalue weighted by atomic mass is 16.2. The molecule has 1 aromatic carbocycles. The number of nitrogens with zero attached hydrogens (tertiary/aromatic N) is 1. The zero-order valence-corrected chi connectivity index (χ0v) is 18.1. The Morgan fingerprint density at radius 3 is 1.97 bits per heavy atom. The second-order valence-electron chi connectivity index (χ2n) is 8.73. The molecule has 6 nitrogen and oxygen atoms in total. The second kappa shape index (κ2) is 10.7. The molecule has 164 valence electrons. The van der Waals surface area contributed by atoms with Gasteiger partial charge in [-0.2, -0.15) is 0 Å². The van der Waals surface area contributed by atoms with E-state index in [9.17, 15) is 14.4 Å². The van der Waals surface area contributed by atoms with E-state index in [1.54, 1.807) is 12.1 Å². The fourth-order valence-corrected chi connectivity index (χ4v) is 4.69. The lowest BCUT2D eigenvalue weighted by molar-refractivity contribution is -0.131. The molecule has 0 saturated heterocycles. The van der Waals surface area contributed by atoms with Crippen LogP contribution in [0.15, 0.2) is 18.2 Å². The average molecular weight is 414 g/mol. The van der Waals surface area contributed by atoms with Gasteiger partial charge in [0.25, 0.3) is 5.91 Å². The minimum atomic E-state index is -0.239. The van der Waals surface area contributed by atoms with Crippen molar-refractivity contribution in [1.82, 2.24) is 5.32 Å². The van der Waals surface area contributed by atoms with Gasteiger partial charge in [0.2, 0.25) is 11.8 Å². The molecular formula is C24H35N3O3. The normalized spacial score (nSPS) is 18.1. The van der Waals surface area contributed by atoms with Crippen LogP contribution in [-0.2, 0) is 9.59 Å². The summed E-state index contributed by atoms with van der Waals surface area (Å²) in [6.07, 6.45) is 9.76. The Kier molecular flexibility index (Phi) is 8.02. The van der Waals surface area contributed by atoms with Crippen molar-refractivity contribution in [3.63, 3.8) is 0 Å². The van der Waals surface area contributed by atoms with Crippen molar-refractivity contribution >= 4 is 23.4 Å². The lowest BCUT2D eigenvalue weighted by Gasteiger charge is -2.32. The van der Waals surface area contributed by atoms with Gasteiger partial charge in [-0.1, -0.05) is 44.6 Å². The van der Waals surface area contributed by atoms with Gasteiger partial charge < -0.3 is 11.1 Å². The van der Waals surface area contributed by atoms with E-state index in [-0.39, 0.29) is 29.6 Å². The molecule has 0 aromatic heterocycles. The van der Waals surface area contributed by atoms with E-state index in [1.807, 2.05) is 13.0 Å². The molecule has 2 aliphatic rings. The van der Waals surface area contributed by atoms with Crippen LogP contribution in [0, 0.1) is 18.8 Å². The van der Waals surface area contributed by atoms with Crippen LogP contribution in [0.25, 0.3) is 0 Å². The summed E-state index contributed by atoms with van der Waals surface area (Å²) in [5.41, 5.74) is 7.32. The maximum absolute atomic E-state index is 13.6. The maximum Gasteiger partial charge on any atom is 0.251 e. The summed E-state index contributed by atoms with van der Waals surface area (Å²) in [6, 6.07) is 5.25. The molecule has 3 rings (SSSR count).